The number of hydrogen-bond acceptors (Lipinski definition) is 1. The van der Waals surface area contributed by atoms with Crippen LogP contribution in [0.25, 0.3) is 0 Å². The molecule has 0 aliphatic heterocycles. The summed E-state index contributed by atoms with van der Waals surface area (Å²) in [6, 6.07) is 7.50. The molecule has 1 saturated carbocycles. The summed E-state index contributed by atoms with van der Waals surface area (Å²) in [4.78, 5) is 11.3. The zero-order valence-corrected chi connectivity index (χ0v) is 7.79. The Bertz CT molecular complexity index is 424. The third kappa shape index (κ3) is 1.18. The molecule has 1 amide bonds. The molecule has 0 aromatic heterocycles. The fraction of sp³-hybridized carbons (Fsp3) is 0.250. The predicted molar refractivity (Wildman–Crippen MR) is 54.5 cm³/mol. The number of primary amides is 1. The Balaban J connectivity index is 2.43. The fourth-order valence-corrected chi connectivity index (χ4v) is 1.71. The summed E-state index contributed by atoms with van der Waals surface area (Å²) in [5.41, 5.74) is 6.70. The third-order valence-corrected chi connectivity index (χ3v) is 2.80. The van der Waals surface area contributed by atoms with Crippen LogP contribution in [0.1, 0.15) is 24.0 Å². The fourth-order valence-electron chi connectivity index (χ4n) is 1.71. The molecule has 14 heavy (non-hydrogen) atoms. The molecule has 2 N–H and O–H groups in total. The van der Waals surface area contributed by atoms with E-state index in [1.807, 2.05) is 24.3 Å². The van der Waals surface area contributed by atoms with Crippen molar-refractivity contribution in [1.82, 2.24) is 0 Å². The van der Waals surface area contributed by atoms with Gasteiger partial charge in [0.15, 0.2) is 0 Å². The molecule has 2 rings (SSSR count). The number of rotatable bonds is 2. The molecule has 1 aliphatic carbocycles. The van der Waals surface area contributed by atoms with Gasteiger partial charge >= 0.3 is 0 Å². The largest absolute Gasteiger partial charge is 0.369 e. The molecule has 2 nitrogen and oxygen atoms in total. The molecule has 1 fully saturated rings. The first-order valence-electron chi connectivity index (χ1n) is 4.56. The van der Waals surface area contributed by atoms with Gasteiger partial charge in [-0.1, -0.05) is 18.1 Å². The van der Waals surface area contributed by atoms with E-state index in [0.29, 0.717) is 0 Å². The maximum atomic E-state index is 11.3. The lowest BCUT2D eigenvalue weighted by Gasteiger charge is -2.10. The highest BCUT2D eigenvalue weighted by Crippen LogP contribution is 2.47. The number of amides is 1. The quantitative estimate of drug-likeness (QED) is 0.691. The Labute approximate surface area is 83.1 Å². The zero-order chi connectivity index (χ0) is 10.2. The second-order valence-electron chi connectivity index (χ2n) is 3.67. The van der Waals surface area contributed by atoms with Crippen LogP contribution in [0.4, 0.5) is 0 Å². The van der Waals surface area contributed by atoms with Crippen molar-refractivity contribution in [2.24, 2.45) is 5.73 Å². The van der Waals surface area contributed by atoms with E-state index in [9.17, 15) is 4.79 Å². The molecular formula is C12H11NO. The van der Waals surface area contributed by atoms with Crippen LogP contribution >= 0.6 is 0 Å². The van der Waals surface area contributed by atoms with Gasteiger partial charge < -0.3 is 5.73 Å². The van der Waals surface area contributed by atoms with Gasteiger partial charge in [-0.2, -0.15) is 0 Å². The number of benzene rings is 1. The summed E-state index contributed by atoms with van der Waals surface area (Å²) in [6.45, 7) is 0. The number of carbonyl (C=O) groups excluding carboxylic acids is 1. The zero-order valence-electron chi connectivity index (χ0n) is 7.79. The molecule has 0 unspecified atom stereocenters. The highest BCUT2D eigenvalue weighted by molar-refractivity contribution is 5.89. The van der Waals surface area contributed by atoms with E-state index in [4.69, 9.17) is 12.2 Å². The van der Waals surface area contributed by atoms with Crippen molar-refractivity contribution in [3.63, 3.8) is 0 Å². The predicted octanol–water partition coefficient (Wildman–Crippen LogP) is 1.18. The third-order valence-electron chi connectivity index (χ3n) is 2.80. The molecule has 0 atom stereocenters. The van der Waals surface area contributed by atoms with E-state index in [-0.39, 0.29) is 5.91 Å². The second kappa shape index (κ2) is 2.88. The average Bonchev–Trinajstić information content (AvgIpc) is 2.98. The van der Waals surface area contributed by atoms with Crippen LogP contribution in [-0.4, -0.2) is 5.91 Å². The van der Waals surface area contributed by atoms with Gasteiger partial charge in [0.05, 0.1) is 5.41 Å². The van der Waals surface area contributed by atoms with Crippen molar-refractivity contribution in [3.8, 4) is 12.3 Å². The first-order chi connectivity index (χ1) is 6.69. The summed E-state index contributed by atoms with van der Waals surface area (Å²) in [5.74, 6) is 2.31. The van der Waals surface area contributed by atoms with Crippen LogP contribution in [-0.2, 0) is 10.2 Å². The molecular weight excluding hydrogens is 174 g/mol. The highest BCUT2D eigenvalue weighted by atomic mass is 16.1. The van der Waals surface area contributed by atoms with Crippen molar-refractivity contribution >= 4 is 5.91 Å². The smallest absolute Gasteiger partial charge is 0.228 e. The maximum absolute atomic E-state index is 11.3. The van der Waals surface area contributed by atoms with Crippen LogP contribution in [0.15, 0.2) is 24.3 Å². The van der Waals surface area contributed by atoms with Gasteiger partial charge in [-0.05, 0) is 30.5 Å². The lowest BCUT2D eigenvalue weighted by molar-refractivity contribution is -0.120. The van der Waals surface area contributed by atoms with E-state index in [1.54, 1.807) is 0 Å². The van der Waals surface area contributed by atoms with Gasteiger partial charge in [0.2, 0.25) is 5.91 Å². The van der Waals surface area contributed by atoms with Crippen LogP contribution in [0.2, 0.25) is 0 Å². The van der Waals surface area contributed by atoms with Crippen molar-refractivity contribution in [2.75, 3.05) is 0 Å². The second-order valence-corrected chi connectivity index (χ2v) is 3.67. The Hall–Kier alpha value is -1.75. The first-order valence-corrected chi connectivity index (χ1v) is 4.56. The minimum atomic E-state index is -0.424. The minimum absolute atomic E-state index is 0.244. The molecule has 1 aliphatic rings. The standard InChI is InChI=1S/C12H11NO/c1-2-9-4-3-5-10(8-9)12(6-7-12)11(13)14/h1,3-5,8H,6-7H2,(H2,13,14). The number of carbonyl (C=O) groups is 1. The Morgan fingerprint density at radius 3 is 2.71 bits per heavy atom. The lowest BCUT2D eigenvalue weighted by Crippen LogP contribution is -2.28. The van der Waals surface area contributed by atoms with E-state index < -0.39 is 5.41 Å². The van der Waals surface area contributed by atoms with E-state index in [1.165, 1.54) is 0 Å². The van der Waals surface area contributed by atoms with Crippen molar-refractivity contribution in [2.45, 2.75) is 18.3 Å². The number of hydrogen-bond donors (Lipinski definition) is 1. The van der Waals surface area contributed by atoms with Crippen LogP contribution in [0.5, 0.6) is 0 Å². The van der Waals surface area contributed by atoms with Gasteiger partial charge in [0.25, 0.3) is 0 Å². The molecule has 0 spiro atoms. The highest BCUT2D eigenvalue weighted by Gasteiger charge is 2.49. The van der Waals surface area contributed by atoms with Crippen molar-refractivity contribution in [1.29, 1.82) is 0 Å². The lowest BCUT2D eigenvalue weighted by atomic mass is 9.94. The molecule has 0 radical (unpaired) electrons. The van der Waals surface area contributed by atoms with Crippen molar-refractivity contribution < 1.29 is 4.79 Å². The summed E-state index contributed by atoms with van der Waals surface area (Å²) in [5, 5.41) is 0. The summed E-state index contributed by atoms with van der Waals surface area (Å²) in [7, 11) is 0. The number of terminal acetylenes is 1. The normalized spacial score (nSPS) is 17.1. The Kier molecular flexibility index (Phi) is 1.82. The van der Waals surface area contributed by atoms with Gasteiger partial charge in [-0.3, -0.25) is 4.79 Å². The SMILES string of the molecule is C#Cc1cccc(C2(C(N)=O)CC2)c1. The summed E-state index contributed by atoms with van der Waals surface area (Å²) < 4.78 is 0. The molecule has 0 heterocycles. The van der Waals surface area contributed by atoms with E-state index in [0.717, 1.165) is 24.0 Å². The molecule has 0 bridgehead atoms. The average molecular weight is 185 g/mol. The van der Waals surface area contributed by atoms with Gasteiger partial charge in [0.1, 0.15) is 0 Å². The van der Waals surface area contributed by atoms with Gasteiger partial charge in [0, 0.05) is 5.56 Å². The van der Waals surface area contributed by atoms with Gasteiger partial charge in [-0.15, -0.1) is 6.42 Å². The summed E-state index contributed by atoms with van der Waals surface area (Å²) in [6.07, 6.45) is 6.98. The number of nitrogens with two attached hydrogens (primary N) is 1. The molecule has 2 heteroatoms. The minimum Gasteiger partial charge on any atom is -0.369 e. The molecule has 70 valence electrons. The first kappa shape index (κ1) is 8.83. The van der Waals surface area contributed by atoms with Crippen LogP contribution < -0.4 is 5.73 Å². The van der Waals surface area contributed by atoms with E-state index in [2.05, 4.69) is 5.92 Å². The van der Waals surface area contributed by atoms with Crippen molar-refractivity contribution in [3.05, 3.63) is 35.4 Å². The van der Waals surface area contributed by atoms with Crippen LogP contribution in [0.3, 0.4) is 0 Å². The maximum Gasteiger partial charge on any atom is 0.228 e. The van der Waals surface area contributed by atoms with E-state index >= 15 is 0 Å². The van der Waals surface area contributed by atoms with Crippen LogP contribution in [0, 0.1) is 12.3 Å². The Morgan fingerprint density at radius 2 is 2.21 bits per heavy atom. The molecule has 1 aromatic rings. The van der Waals surface area contributed by atoms with Gasteiger partial charge in [-0.25, -0.2) is 0 Å². The molecule has 1 aromatic carbocycles. The summed E-state index contributed by atoms with van der Waals surface area (Å²) >= 11 is 0. The Morgan fingerprint density at radius 1 is 1.50 bits per heavy atom. The topological polar surface area (TPSA) is 43.1 Å². The molecule has 0 saturated heterocycles. The monoisotopic (exact) mass is 185 g/mol.